The monoisotopic (exact) mass is 270 g/mol. The van der Waals surface area contributed by atoms with Crippen LogP contribution >= 0.6 is 0 Å². The van der Waals surface area contributed by atoms with Crippen molar-refractivity contribution in [2.45, 2.75) is 51.0 Å². The molecule has 4 heteroatoms. The third-order valence-corrected chi connectivity index (χ3v) is 5.27. The van der Waals surface area contributed by atoms with Gasteiger partial charge in [0, 0.05) is 31.7 Å². The fourth-order valence-corrected chi connectivity index (χ4v) is 3.87. The Labute approximate surface area is 117 Å². The number of likely N-dealkylation sites (tertiary alicyclic amines) is 1. The molecule has 0 radical (unpaired) electrons. The molecule has 0 spiro atoms. The van der Waals surface area contributed by atoms with Crippen LogP contribution in [0.15, 0.2) is 0 Å². The zero-order chi connectivity index (χ0) is 13.8. The Bertz CT molecular complexity index is 279. The maximum Gasteiger partial charge on any atom is 0.0730 e. The van der Waals surface area contributed by atoms with E-state index in [4.69, 9.17) is 10.5 Å². The van der Waals surface area contributed by atoms with Crippen molar-refractivity contribution in [3.05, 3.63) is 0 Å². The molecule has 112 valence electrons. The average Bonchev–Trinajstić information content (AvgIpc) is 2.63. The Morgan fingerprint density at radius 3 is 2.53 bits per heavy atom. The molecule has 2 fully saturated rings. The fraction of sp³-hybridized carbons (Fsp3) is 1.00. The predicted octanol–water partition coefficient (Wildman–Crippen LogP) is 1.37. The van der Waals surface area contributed by atoms with Gasteiger partial charge in [0.2, 0.25) is 0 Å². The Hall–Kier alpha value is -0.160. The summed E-state index contributed by atoms with van der Waals surface area (Å²) in [5.41, 5.74) is 5.36. The van der Waals surface area contributed by atoms with Gasteiger partial charge in [-0.2, -0.15) is 0 Å². The maximum absolute atomic E-state index is 11.3. The molecule has 0 aromatic carbocycles. The number of nitrogens with zero attached hydrogens (tertiary/aromatic N) is 1. The molecule has 2 aliphatic rings. The number of ether oxygens (including phenoxy) is 1. The summed E-state index contributed by atoms with van der Waals surface area (Å²) in [7, 11) is 0. The smallest absolute Gasteiger partial charge is 0.0730 e. The van der Waals surface area contributed by atoms with E-state index in [1.807, 2.05) is 0 Å². The van der Waals surface area contributed by atoms with E-state index in [9.17, 15) is 5.11 Å². The van der Waals surface area contributed by atoms with E-state index in [2.05, 4.69) is 11.8 Å². The number of hydrogen-bond donors (Lipinski definition) is 2. The first-order valence-electron chi connectivity index (χ1n) is 7.88. The molecule has 0 aromatic rings. The van der Waals surface area contributed by atoms with E-state index in [0.717, 1.165) is 65.0 Å². The minimum Gasteiger partial charge on any atom is -0.389 e. The molecule has 0 bridgehead atoms. The highest BCUT2D eigenvalue weighted by atomic mass is 16.5. The van der Waals surface area contributed by atoms with Crippen LogP contribution < -0.4 is 5.73 Å². The van der Waals surface area contributed by atoms with Gasteiger partial charge in [0.25, 0.3) is 0 Å². The second-order valence-electron chi connectivity index (χ2n) is 6.32. The topological polar surface area (TPSA) is 58.7 Å². The number of aliphatic hydroxyl groups is 1. The Kier molecular flexibility index (Phi) is 5.23. The predicted molar refractivity (Wildman–Crippen MR) is 77.1 cm³/mol. The molecule has 0 saturated carbocycles. The Balaban J connectivity index is 2.07. The minimum absolute atomic E-state index is 0.118. The van der Waals surface area contributed by atoms with Crippen molar-refractivity contribution in [3.8, 4) is 0 Å². The highest BCUT2D eigenvalue weighted by molar-refractivity contribution is 5.02. The van der Waals surface area contributed by atoms with Gasteiger partial charge in [-0.15, -0.1) is 0 Å². The molecular weight excluding hydrogens is 240 g/mol. The standard InChI is InChI=1S/C15H30N2O2/c1-2-8-17-9-3-4-15(18,5-10-17)14(13-16)6-11-19-12-7-14/h18H,2-13,16H2,1H3. The van der Waals surface area contributed by atoms with E-state index >= 15 is 0 Å². The third-order valence-electron chi connectivity index (χ3n) is 5.27. The van der Waals surface area contributed by atoms with Gasteiger partial charge in [-0.1, -0.05) is 6.92 Å². The Morgan fingerprint density at radius 1 is 1.16 bits per heavy atom. The summed E-state index contributed by atoms with van der Waals surface area (Å²) in [6, 6.07) is 0. The fourth-order valence-electron chi connectivity index (χ4n) is 3.87. The van der Waals surface area contributed by atoms with Crippen LogP contribution in [0.5, 0.6) is 0 Å². The summed E-state index contributed by atoms with van der Waals surface area (Å²) in [5.74, 6) is 0. The summed E-state index contributed by atoms with van der Waals surface area (Å²) in [5, 5.41) is 11.3. The molecular formula is C15H30N2O2. The van der Waals surface area contributed by atoms with Crippen molar-refractivity contribution in [1.82, 2.24) is 4.90 Å². The van der Waals surface area contributed by atoms with E-state index in [1.54, 1.807) is 0 Å². The normalized spacial score (nSPS) is 33.0. The van der Waals surface area contributed by atoms with Crippen LogP contribution in [0.1, 0.15) is 45.4 Å². The lowest BCUT2D eigenvalue weighted by molar-refractivity contribution is -0.135. The molecule has 2 rings (SSSR count). The first kappa shape index (κ1) is 15.2. The molecule has 4 nitrogen and oxygen atoms in total. The van der Waals surface area contributed by atoms with Crippen LogP contribution in [-0.2, 0) is 4.74 Å². The molecule has 0 amide bonds. The molecule has 0 aromatic heterocycles. The van der Waals surface area contributed by atoms with Crippen LogP contribution in [0.2, 0.25) is 0 Å². The lowest BCUT2D eigenvalue weighted by Crippen LogP contribution is -2.55. The zero-order valence-corrected chi connectivity index (χ0v) is 12.4. The highest BCUT2D eigenvalue weighted by Crippen LogP contribution is 2.45. The van der Waals surface area contributed by atoms with Crippen molar-refractivity contribution in [3.63, 3.8) is 0 Å². The summed E-state index contributed by atoms with van der Waals surface area (Å²) in [4.78, 5) is 2.49. The van der Waals surface area contributed by atoms with Crippen molar-refractivity contribution in [2.75, 3.05) is 39.4 Å². The molecule has 2 saturated heterocycles. The van der Waals surface area contributed by atoms with Gasteiger partial charge in [0.15, 0.2) is 0 Å². The SMILES string of the molecule is CCCN1CCCC(O)(C2(CN)CCOCC2)CC1. The molecule has 1 atom stereocenters. The van der Waals surface area contributed by atoms with E-state index in [-0.39, 0.29) is 5.41 Å². The lowest BCUT2D eigenvalue weighted by Gasteiger charge is -2.49. The van der Waals surface area contributed by atoms with E-state index < -0.39 is 5.60 Å². The average molecular weight is 270 g/mol. The first-order valence-corrected chi connectivity index (χ1v) is 7.88. The zero-order valence-electron chi connectivity index (χ0n) is 12.4. The van der Waals surface area contributed by atoms with Crippen molar-refractivity contribution < 1.29 is 9.84 Å². The van der Waals surface area contributed by atoms with Gasteiger partial charge in [-0.05, 0) is 51.6 Å². The lowest BCUT2D eigenvalue weighted by atomic mass is 9.64. The molecule has 2 aliphatic heterocycles. The maximum atomic E-state index is 11.3. The van der Waals surface area contributed by atoms with Crippen molar-refractivity contribution in [2.24, 2.45) is 11.1 Å². The Morgan fingerprint density at radius 2 is 1.89 bits per heavy atom. The van der Waals surface area contributed by atoms with Crippen LogP contribution in [0.3, 0.4) is 0 Å². The molecule has 19 heavy (non-hydrogen) atoms. The largest absolute Gasteiger partial charge is 0.389 e. The first-order chi connectivity index (χ1) is 9.16. The second-order valence-corrected chi connectivity index (χ2v) is 6.32. The number of rotatable bonds is 4. The number of nitrogens with two attached hydrogens (primary N) is 1. The summed E-state index contributed by atoms with van der Waals surface area (Å²) >= 11 is 0. The number of hydrogen-bond acceptors (Lipinski definition) is 4. The van der Waals surface area contributed by atoms with Crippen molar-refractivity contribution in [1.29, 1.82) is 0 Å². The van der Waals surface area contributed by atoms with Gasteiger partial charge in [0.1, 0.15) is 0 Å². The minimum atomic E-state index is -0.589. The van der Waals surface area contributed by atoms with Gasteiger partial charge >= 0.3 is 0 Å². The van der Waals surface area contributed by atoms with Crippen LogP contribution in [-0.4, -0.2) is 55.0 Å². The second kappa shape index (κ2) is 6.53. The molecule has 1 unspecified atom stereocenters. The van der Waals surface area contributed by atoms with Crippen LogP contribution in [0.25, 0.3) is 0 Å². The quantitative estimate of drug-likeness (QED) is 0.810. The van der Waals surface area contributed by atoms with Gasteiger partial charge in [-0.25, -0.2) is 0 Å². The highest BCUT2D eigenvalue weighted by Gasteiger charge is 2.50. The molecule has 2 heterocycles. The summed E-state index contributed by atoms with van der Waals surface area (Å²) in [6.07, 6.45) is 5.85. The summed E-state index contributed by atoms with van der Waals surface area (Å²) < 4.78 is 5.48. The summed E-state index contributed by atoms with van der Waals surface area (Å²) in [6.45, 7) is 7.57. The van der Waals surface area contributed by atoms with Gasteiger partial charge in [-0.3, -0.25) is 0 Å². The van der Waals surface area contributed by atoms with Crippen LogP contribution in [0.4, 0.5) is 0 Å². The van der Waals surface area contributed by atoms with E-state index in [1.165, 1.54) is 6.42 Å². The van der Waals surface area contributed by atoms with Crippen molar-refractivity contribution >= 4 is 0 Å². The third kappa shape index (κ3) is 3.13. The van der Waals surface area contributed by atoms with Gasteiger partial charge < -0.3 is 20.5 Å². The van der Waals surface area contributed by atoms with E-state index in [0.29, 0.717) is 6.54 Å². The molecule has 3 N–H and O–H groups in total. The molecule has 0 aliphatic carbocycles. The van der Waals surface area contributed by atoms with Crippen LogP contribution in [0, 0.1) is 5.41 Å². The van der Waals surface area contributed by atoms with Gasteiger partial charge in [0.05, 0.1) is 5.60 Å².